The molecule has 0 saturated heterocycles. The van der Waals surface area contributed by atoms with Crippen molar-refractivity contribution in [1.82, 2.24) is 0 Å². The fourth-order valence-electron chi connectivity index (χ4n) is 0.855. The zero-order chi connectivity index (χ0) is 11.0. The summed E-state index contributed by atoms with van der Waals surface area (Å²) in [6.07, 6.45) is 5.58. The maximum atomic E-state index is 10.8. The molecule has 0 aliphatic heterocycles. The quantitative estimate of drug-likeness (QED) is 0.417. The van der Waals surface area contributed by atoms with E-state index in [0.29, 0.717) is 12.8 Å². The summed E-state index contributed by atoms with van der Waals surface area (Å²) in [4.78, 5) is 10.8. The van der Waals surface area contributed by atoms with Gasteiger partial charge in [-0.15, -0.1) is 0 Å². The summed E-state index contributed by atoms with van der Waals surface area (Å²) in [6, 6.07) is 0. The molecule has 0 fully saturated rings. The second kappa shape index (κ2) is 6.95. The van der Waals surface area contributed by atoms with E-state index in [0.717, 1.165) is 5.57 Å². The number of esters is 1. The first-order chi connectivity index (χ1) is 6.63. The molecule has 78 valence electrons. The van der Waals surface area contributed by atoms with Crippen molar-refractivity contribution in [2.75, 3.05) is 7.11 Å². The van der Waals surface area contributed by atoms with Gasteiger partial charge >= 0.3 is 5.97 Å². The van der Waals surface area contributed by atoms with Gasteiger partial charge in [0.25, 0.3) is 0 Å². The molecule has 3 heteroatoms. The molecule has 0 aromatic heterocycles. The summed E-state index contributed by atoms with van der Waals surface area (Å²) < 4.78 is 4.50. The molecule has 0 aliphatic rings. The van der Waals surface area contributed by atoms with Crippen molar-refractivity contribution in [3.05, 3.63) is 36.1 Å². The molecule has 0 aromatic rings. The van der Waals surface area contributed by atoms with Crippen molar-refractivity contribution in [2.45, 2.75) is 19.8 Å². The van der Waals surface area contributed by atoms with Crippen LogP contribution in [0.1, 0.15) is 19.8 Å². The van der Waals surface area contributed by atoms with Gasteiger partial charge in [-0.2, -0.15) is 0 Å². The van der Waals surface area contributed by atoms with Gasteiger partial charge in [0.05, 0.1) is 7.11 Å². The highest BCUT2D eigenvalue weighted by atomic mass is 16.5. The number of rotatable bonds is 5. The lowest BCUT2D eigenvalue weighted by atomic mass is 10.1. The predicted molar refractivity (Wildman–Crippen MR) is 55.9 cm³/mol. The van der Waals surface area contributed by atoms with Crippen LogP contribution in [0, 0.1) is 0 Å². The Balaban J connectivity index is 4.23. The highest BCUT2D eigenvalue weighted by Gasteiger charge is 2.01. The smallest absolute Gasteiger partial charge is 0.305 e. The molecule has 14 heavy (non-hydrogen) atoms. The molecule has 0 radical (unpaired) electrons. The van der Waals surface area contributed by atoms with Crippen molar-refractivity contribution in [3.8, 4) is 0 Å². The Labute approximate surface area is 84.4 Å². The zero-order valence-corrected chi connectivity index (χ0v) is 8.62. The predicted octanol–water partition coefficient (Wildman–Crippen LogP) is 2.51. The first-order valence-corrected chi connectivity index (χ1v) is 4.39. The lowest BCUT2D eigenvalue weighted by Gasteiger charge is -2.01. The van der Waals surface area contributed by atoms with E-state index in [9.17, 15) is 9.90 Å². The molecular formula is C11H16O3. The molecule has 0 heterocycles. The van der Waals surface area contributed by atoms with Crippen molar-refractivity contribution < 1.29 is 14.6 Å². The van der Waals surface area contributed by atoms with E-state index in [1.54, 1.807) is 25.2 Å². The minimum Gasteiger partial charge on any atom is -0.508 e. The second-order valence-electron chi connectivity index (χ2n) is 2.71. The average molecular weight is 196 g/mol. The summed E-state index contributed by atoms with van der Waals surface area (Å²) in [5.74, 6) is -0.0949. The lowest BCUT2D eigenvalue weighted by Crippen LogP contribution is -1.99. The van der Waals surface area contributed by atoms with Gasteiger partial charge in [0.1, 0.15) is 5.76 Å². The number of allylic oxidation sites excluding steroid dienone is 4. The molecule has 0 saturated carbocycles. The van der Waals surface area contributed by atoms with E-state index in [1.165, 1.54) is 7.11 Å². The van der Waals surface area contributed by atoms with Gasteiger partial charge < -0.3 is 9.84 Å². The number of carbonyl (C=O) groups is 1. The number of ether oxygens (including phenoxy) is 1. The van der Waals surface area contributed by atoms with Crippen LogP contribution in [0.15, 0.2) is 36.1 Å². The van der Waals surface area contributed by atoms with Gasteiger partial charge in [-0.1, -0.05) is 12.7 Å². The molecule has 1 N–H and O–H groups in total. The third kappa shape index (κ3) is 5.19. The molecule has 0 rings (SSSR count). The molecule has 0 atom stereocenters. The fourth-order valence-corrected chi connectivity index (χ4v) is 0.855. The van der Waals surface area contributed by atoms with E-state index in [-0.39, 0.29) is 11.7 Å². The van der Waals surface area contributed by atoms with Crippen LogP contribution >= 0.6 is 0 Å². The van der Waals surface area contributed by atoms with E-state index in [1.807, 2.05) is 0 Å². The Bertz CT molecular complexity index is 262. The maximum absolute atomic E-state index is 10.8. The third-order valence-electron chi connectivity index (χ3n) is 1.74. The Morgan fingerprint density at radius 1 is 1.50 bits per heavy atom. The molecule has 3 nitrogen and oxygen atoms in total. The van der Waals surface area contributed by atoms with Crippen LogP contribution in [-0.4, -0.2) is 18.2 Å². The molecule has 0 aromatic carbocycles. The minimum absolute atomic E-state index is 0.171. The second-order valence-corrected chi connectivity index (χ2v) is 2.71. The summed E-state index contributed by atoms with van der Waals surface area (Å²) in [5, 5.41) is 9.20. The number of carbonyl (C=O) groups excluding carboxylic acids is 1. The molecule has 0 bridgehead atoms. The molecule has 0 unspecified atom stereocenters. The normalized spacial score (nSPS) is 12.4. The van der Waals surface area contributed by atoms with Gasteiger partial charge in [-0.05, 0) is 31.1 Å². The van der Waals surface area contributed by atoms with E-state index < -0.39 is 0 Å². The molecule has 0 aliphatic carbocycles. The molecule has 0 amide bonds. The Hall–Kier alpha value is -1.51. The maximum Gasteiger partial charge on any atom is 0.305 e. The van der Waals surface area contributed by atoms with Gasteiger partial charge in [-0.25, -0.2) is 0 Å². The zero-order valence-electron chi connectivity index (χ0n) is 8.62. The van der Waals surface area contributed by atoms with Crippen molar-refractivity contribution in [3.63, 3.8) is 0 Å². The van der Waals surface area contributed by atoms with E-state index >= 15 is 0 Å². The van der Waals surface area contributed by atoms with Crippen LogP contribution in [0.3, 0.4) is 0 Å². The highest BCUT2D eigenvalue weighted by Crippen LogP contribution is 2.09. The summed E-state index contributed by atoms with van der Waals surface area (Å²) >= 11 is 0. The van der Waals surface area contributed by atoms with E-state index in [4.69, 9.17) is 0 Å². The number of aliphatic hydroxyl groups excluding tert-OH is 1. The Kier molecular flexibility index (Phi) is 6.20. The Morgan fingerprint density at radius 3 is 2.57 bits per heavy atom. The largest absolute Gasteiger partial charge is 0.508 e. The minimum atomic E-state index is -0.266. The van der Waals surface area contributed by atoms with Crippen molar-refractivity contribution in [1.29, 1.82) is 0 Å². The summed E-state index contributed by atoms with van der Waals surface area (Å²) in [7, 11) is 1.35. The van der Waals surface area contributed by atoms with Gasteiger partial charge in [0, 0.05) is 6.42 Å². The van der Waals surface area contributed by atoms with Crippen LogP contribution in [0.25, 0.3) is 0 Å². The third-order valence-corrected chi connectivity index (χ3v) is 1.74. The van der Waals surface area contributed by atoms with Gasteiger partial charge in [0.2, 0.25) is 0 Å². The monoisotopic (exact) mass is 196 g/mol. The number of hydrogen-bond acceptors (Lipinski definition) is 3. The number of hydrogen-bond donors (Lipinski definition) is 1. The van der Waals surface area contributed by atoms with Crippen LogP contribution in [-0.2, 0) is 9.53 Å². The van der Waals surface area contributed by atoms with Crippen molar-refractivity contribution in [2.24, 2.45) is 0 Å². The highest BCUT2D eigenvalue weighted by molar-refractivity contribution is 5.69. The standard InChI is InChI=1S/C11H16O3/c1-4-9(8-10(12)5-2)6-7-11(13)14-3/h4-5,8,12H,1,6-7H2,2-3H3/b9-8+,10-5+. The van der Waals surface area contributed by atoms with Crippen LogP contribution in [0.2, 0.25) is 0 Å². The first kappa shape index (κ1) is 12.5. The van der Waals surface area contributed by atoms with Crippen LogP contribution in [0.5, 0.6) is 0 Å². The van der Waals surface area contributed by atoms with Crippen LogP contribution in [0.4, 0.5) is 0 Å². The topological polar surface area (TPSA) is 46.5 Å². The fraction of sp³-hybridized carbons (Fsp3) is 0.364. The SMILES string of the molecule is C=C/C(=C\C(O)=C/C)CCC(=O)OC. The number of aliphatic hydroxyl groups is 1. The Morgan fingerprint density at radius 2 is 2.14 bits per heavy atom. The van der Waals surface area contributed by atoms with Crippen molar-refractivity contribution >= 4 is 5.97 Å². The summed E-state index contributed by atoms with van der Waals surface area (Å²) in [5.41, 5.74) is 0.811. The van der Waals surface area contributed by atoms with Gasteiger partial charge in [-0.3, -0.25) is 4.79 Å². The lowest BCUT2D eigenvalue weighted by molar-refractivity contribution is -0.140. The van der Waals surface area contributed by atoms with Gasteiger partial charge in [0.15, 0.2) is 0 Å². The van der Waals surface area contributed by atoms with E-state index in [2.05, 4.69) is 11.3 Å². The average Bonchev–Trinajstić information content (AvgIpc) is 2.22. The molecule has 0 spiro atoms. The number of methoxy groups -OCH3 is 1. The molecular weight excluding hydrogens is 180 g/mol. The van der Waals surface area contributed by atoms with Crippen LogP contribution < -0.4 is 0 Å². The summed E-state index contributed by atoms with van der Waals surface area (Å²) in [6.45, 7) is 5.32. The first-order valence-electron chi connectivity index (χ1n) is 4.39.